The molecule has 5 heteroatoms. The van der Waals surface area contributed by atoms with E-state index in [0.29, 0.717) is 23.3 Å². The van der Waals surface area contributed by atoms with Gasteiger partial charge in [0.2, 0.25) is 0 Å². The van der Waals surface area contributed by atoms with E-state index in [2.05, 4.69) is 9.88 Å². The van der Waals surface area contributed by atoms with Crippen LogP contribution in [0.2, 0.25) is 5.02 Å². The van der Waals surface area contributed by atoms with Crippen molar-refractivity contribution < 1.29 is 9.52 Å². The molecule has 3 rings (SSSR count). The van der Waals surface area contributed by atoms with Gasteiger partial charge >= 0.3 is 0 Å². The molecule has 0 bridgehead atoms. The van der Waals surface area contributed by atoms with Gasteiger partial charge in [0, 0.05) is 6.04 Å². The van der Waals surface area contributed by atoms with Gasteiger partial charge in [-0.2, -0.15) is 0 Å². The average Bonchev–Trinajstić information content (AvgIpc) is 3.14. The molecular weight excluding hydrogens is 264 g/mol. The van der Waals surface area contributed by atoms with Gasteiger partial charge in [-0.3, -0.25) is 0 Å². The molecule has 2 aromatic heterocycles. The first-order valence-electron chi connectivity index (χ1n) is 6.33. The monoisotopic (exact) mass is 278 g/mol. The van der Waals surface area contributed by atoms with Crippen LogP contribution in [0.5, 0.6) is 0 Å². The fourth-order valence-electron chi connectivity index (χ4n) is 2.10. The van der Waals surface area contributed by atoms with Gasteiger partial charge in [0.15, 0.2) is 0 Å². The predicted octanol–water partition coefficient (Wildman–Crippen LogP) is 2.99. The minimum atomic E-state index is -0.147. The van der Waals surface area contributed by atoms with Gasteiger partial charge < -0.3 is 14.4 Å². The molecule has 1 N–H and O–H groups in total. The van der Waals surface area contributed by atoms with E-state index in [0.717, 1.165) is 11.6 Å². The summed E-state index contributed by atoms with van der Waals surface area (Å²) in [6.45, 7) is 0.545. The summed E-state index contributed by atoms with van der Waals surface area (Å²) in [6.07, 6.45) is 4.01. The van der Waals surface area contributed by atoms with Crippen LogP contribution in [-0.2, 0) is 13.2 Å². The lowest BCUT2D eigenvalue weighted by molar-refractivity contribution is 0.277. The highest BCUT2D eigenvalue weighted by Crippen LogP contribution is 2.33. The van der Waals surface area contributed by atoms with Crippen molar-refractivity contribution in [1.82, 2.24) is 4.98 Å². The molecule has 100 valence electrons. The maximum Gasteiger partial charge on any atom is 0.129 e. The zero-order valence-corrected chi connectivity index (χ0v) is 11.2. The van der Waals surface area contributed by atoms with Crippen LogP contribution in [0.25, 0.3) is 0 Å². The summed E-state index contributed by atoms with van der Waals surface area (Å²) in [5.74, 6) is 1.75. The van der Waals surface area contributed by atoms with Crippen molar-refractivity contribution in [3.8, 4) is 0 Å². The van der Waals surface area contributed by atoms with E-state index in [1.54, 1.807) is 12.3 Å². The minimum Gasteiger partial charge on any atom is -0.467 e. The number of rotatable bonds is 5. The number of anilines is 1. The Morgan fingerprint density at radius 3 is 2.84 bits per heavy atom. The highest BCUT2D eigenvalue weighted by Gasteiger charge is 2.30. The van der Waals surface area contributed by atoms with Crippen LogP contribution in [0.1, 0.15) is 24.3 Å². The highest BCUT2D eigenvalue weighted by molar-refractivity contribution is 6.31. The topological polar surface area (TPSA) is 49.5 Å². The van der Waals surface area contributed by atoms with Gasteiger partial charge in [-0.05, 0) is 37.1 Å². The van der Waals surface area contributed by atoms with Gasteiger partial charge in [-0.15, -0.1) is 0 Å². The zero-order chi connectivity index (χ0) is 13.2. The molecule has 0 amide bonds. The van der Waals surface area contributed by atoms with Crippen LogP contribution in [0.4, 0.5) is 5.82 Å². The summed E-state index contributed by atoms with van der Waals surface area (Å²) in [6, 6.07) is 8.02. The molecule has 1 aliphatic rings. The van der Waals surface area contributed by atoms with E-state index in [1.165, 1.54) is 12.8 Å². The van der Waals surface area contributed by atoms with Crippen molar-refractivity contribution in [3.05, 3.63) is 47.0 Å². The van der Waals surface area contributed by atoms with E-state index < -0.39 is 0 Å². The Labute approximate surface area is 116 Å². The third-order valence-electron chi connectivity index (χ3n) is 3.24. The number of aliphatic hydroxyl groups excluding tert-OH is 1. The number of hydrogen-bond donors (Lipinski definition) is 1. The van der Waals surface area contributed by atoms with Gasteiger partial charge in [0.25, 0.3) is 0 Å². The normalized spacial score (nSPS) is 14.6. The number of nitrogens with zero attached hydrogens (tertiary/aromatic N) is 2. The minimum absolute atomic E-state index is 0.147. The first kappa shape index (κ1) is 12.5. The smallest absolute Gasteiger partial charge is 0.129 e. The number of hydrogen-bond acceptors (Lipinski definition) is 4. The van der Waals surface area contributed by atoms with Crippen LogP contribution in [-0.4, -0.2) is 16.1 Å². The molecule has 0 spiro atoms. The van der Waals surface area contributed by atoms with Crippen LogP contribution in [0, 0.1) is 0 Å². The predicted molar refractivity (Wildman–Crippen MR) is 73.1 cm³/mol. The summed E-state index contributed by atoms with van der Waals surface area (Å²) in [7, 11) is 0. The van der Waals surface area contributed by atoms with Crippen molar-refractivity contribution in [1.29, 1.82) is 0 Å². The molecule has 1 saturated carbocycles. The van der Waals surface area contributed by atoms with Crippen molar-refractivity contribution in [2.24, 2.45) is 0 Å². The molecule has 19 heavy (non-hydrogen) atoms. The standard InChI is InChI=1S/C14H15ClN2O2/c15-12-5-6-14(16-13(12)9-18)17(10-3-4-10)8-11-2-1-7-19-11/h1-2,5-7,10,18H,3-4,8-9H2. The highest BCUT2D eigenvalue weighted by atomic mass is 35.5. The third-order valence-corrected chi connectivity index (χ3v) is 3.59. The van der Waals surface area contributed by atoms with E-state index in [1.807, 2.05) is 18.2 Å². The van der Waals surface area contributed by atoms with Gasteiger partial charge in [-0.1, -0.05) is 11.6 Å². The fourth-order valence-corrected chi connectivity index (χ4v) is 2.26. The van der Waals surface area contributed by atoms with E-state index in [-0.39, 0.29) is 6.61 Å². The molecule has 0 saturated heterocycles. The maximum atomic E-state index is 9.25. The zero-order valence-electron chi connectivity index (χ0n) is 10.4. The molecule has 4 nitrogen and oxygen atoms in total. The fraction of sp³-hybridized carbons (Fsp3) is 0.357. The van der Waals surface area contributed by atoms with Crippen molar-refractivity contribution in [2.75, 3.05) is 4.90 Å². The molecule has 0 radical (unpaired) electrons. The Bertz CT molecular complexity index is 553. The van der Waals surface area contributed by atoms with Crippen molar-refractivity contribution in [3.63, 3.8) is 0 Å². The van der Waals surface area contributed by atoms with Gasteiger partial charge in [0.05, 0.1) is 30.1 Å². The Morgan fingerprint density at radius 2 is 2.21 bits per heavy atom. The Kier molecular flexibility index (Phi) is 3.44. The number of aromatic nitrogens is 1. The number of aliphatic hydroxyl groups is 1. The molecule has 0 aromatic carbocycles. The summed E-state index contributed by atoms with van der Waals surface area (Å²) in [5.41, 5.74) is 0.518. The SMILES string of the molecule is OCc1nc(N(Cc2ccco2)C2CC2)ccc1Cl. The summed E-state index contributed by atoms with van der Waals surface area (Å²) < 4.78 is 5.40. The maximum absolute atomic E-state index is 9.25. The third kappa shape index (κ3) is 2.74. The van der Waals surface area contributed by atoms with Crippen molar-refractivity contribution >= 4 is 17.4 Å². The van der Waals surface area contributed by atoms with Gasteiger partial charge in [0.1, 0.15) is 11.6 Å². The van der Waals surface area contributed by atoms with Crippen LogP contribution in [0.3, 0.4) is 0 Å². The lowest BCUT2D eigenvalue weighted by atomic mass is 10.3. The molecule has 0 unspecified atom stereocenters. The van der Waals surface area contributed by atoms with Crippen molar-refractivity contribution in [2.45, 2.75) is 32.0 Å². The molecule has 1 aliphatic carbocycles. The molecule has 1 fully saturated rings. The second-order valence-corrected chi connectivity index (χ2v) is 5.10. The number of halogens is 1. The lowest BCUT2D eigenvalue weighted by Gasteiger charge is -2.23. The van der Waals surface area contributed by atoms with Gasteiger partial charge in [-0.25, -0.2) is 4.98 Å². The van der Waals surface area contributed by atoms with E-state index in [9.17, 15) is 5.11 Å². The first-order chi connectivity index (χ1) is 9.28. The van der Waals surface area contributed by atoms with Crippen LogP contribution < -0.4 is 4.90 Å². The number of furan rings is 1. The van der Waals surface area contributed by atoms with E-state index >= 15 is 0 Å². The van der Waals surface area contributed by atoms with Crippen LogP contribution >= 0.6 is 11.6 Å². The Hall–Kier alpha value is -1.52. The largest absolute Gasteiger partial charge is 0.467 e. The summed E-state index contributed by atoms with van der Waals surface area (Å²) in [4.78, 5) is 6.64. The second kappa shape index (κ2) is 5.23. The second-order valence-electron chi connectivity index (χ2n) is 4.69. The molecular formula is C14H15ClN2O2. The number of pyridine rings is 1. The quantitative estimate of drug-likeness (QED) is 0.913. The molecule has 2 heterocycles. The Balaban J connectivity index is 1.87. The lowest BCUT2D eigenvalue weighted by Crippen LogP contribution is -2.26. The molecule has 0 atom stereocenters. The Morgan fingerprint density at radius 1 is 1.37 bits per heavy atom. The van der Waals surface area contributed by atoms with E-state index in [4.69, 9.17) is 16.0 Å². The summed E-state index contributed by atoms with van der Waals surface area (Å²) in [5, 5.41) is 9.75. The first-order valence-corrected chi connectivity index (χ1v) is 6.71. The average molecular weight is 279 g/mol. The molecule has 0 aliphatic heterocycles. The van der Waals surface area contributed by atoms with Crippen LogP contribution in [0.15, 0.2) is 34.9 Å². The summed E-state index contributed by atoms with van der Waals surface area (Å²) >= 11 is 5.98. The molecule has 2 aromatic rings.